The number of allylic oxidation sites excluding steroid dienone is 1. The van der Waals surface area contributed by atoms with Crippen molar-refractivity contribution < 1.29 is 4.79 Å². The first kappa shape index (κ1) is 14.9. The van der Waals surface area contributed by atoms with Gasteiger partial charge < -0.3 is 4.90 Å². The zero-order valence-corrected chi connectivity index (χ0v) is 13.1. The van der Waals surface area contributed by atoms with Crippen molar-refractivity contribution in [3.8, 4) is 11.8 Å². The minimum absolute atomic E-state index is 0.00505. The summed E-state index contributed by atoms with van der Waals surface area (Å²) >= 11 is 0. The molecule has 1 fully saturated rings. The molecule has 114 valence electrons. The van der Waals surface area contributed by atoms with E-state index in [0.717, 1.165) is 23.4 Å². The van der Waals surface area contributed by atoms with E-state index in [1.54, 1.807) is 9.80 Å². The minimum atomic E-state index is -0.00505. The van der Waals surface area contributed by atoms with Crippen LogP contribution in [0.25, 0.3) is 6.08 Å². The minimum Gasteiger partial charge on any atom is -0.326 e. The van der Waals surface area contributed by atoms with Gasteiger partial charge in [0.05, 0.1) is 5.70 Å². The molecule has 0 N–H and O–H groups in total. The molecule has 0 atom stereocenters. The van der Waals surface area contributed by atoms with Crippen molar-refractivity contribution in [1.29, 1.82) is 0 Å². The fraction of sp³-hybridized carbons (Fsp3) is 0.150. The molecule has 3 rings (SSSR count). The topological polar surface area (TPSA) is 23.6 Å². The molecule has 0 aliphatic carbocycles. The number of urea groups is 1. The van der Waals surface area contributed by atoms with Crippen molar-refractivity contribution in [3.05, 3.63) is 77.5 Å². The fourth-order valence-electron chi connectivity index (χ4n) is 2.42. The molecule has 1 heterocycles. The van der Waals surface area contributed by atoms with Gasteiger partial charge >= 0.3 is 6.03 Å². The molecule has 2 amide bonds. The first-order chi connectivity index (χ1) is 11.2. The van der Waals surface area contributed by atoms with Gasteiger partial charge in [0, 0.05) is 25.7 Å². The maximum Gasteiger partial charge on any atom is 0.324 e. The van der Waals surface area contributed by atoms with Crippen molar-refractivity contribution in [2.75, 3.05) is 20.1 Å². The highest BCUT2D eigenvalue weighted by Gasteiger charge is 2.27. The van der Waals surface area contributed by atoms with E-state index < -0.39 is 0 Å². The van der Waals surface area contributed by atoms with Gasteiger partial charge in [-0.1, -0.05) is 54.5 Å². The van der Waals surface area contributed by atoms with Crippen LogP contribution in [0, 0.1) is 11.8 Å². The lowest BCUT2D eigenvalue weighted by Gasteiger charge is -2.15. The monoisotopic (exact) mass is 302 g/mol. The molecule has 3 nitrogen and oxygen atoms in total. The SMILES string of the molecule is CN1CCN(/C(C#Cc2ccccc2)=C\c2ccccc2)C1=O. The smallest absolute Gasteiger partial charge is 0.324 e. The molecule has 0 spiro atoms. The van der Waals surface area contributed by atoms with Gasteiger partial charge in [-0.05, 0) is 29.7 Å². The molecular weight excluding hydrogens is 284 g/mol. The number of hydrogen-bond acceptors (Lipinski definition) is 1. The molecule has 1 aliphatic heterocycles. The number of carbonyl (C=O) groups excluding carboxylic acids is 1. The Morgan fingerprint density at radius 1 is 1.00 bits per heavy atom. The van der Waals surface area contributed by atoms with Crippen LogP contribution in [0.3, 0.4) is 0 Å². The van der Waals surface area contributed by atoms with Crippen LogP contribution >= 0.6 is 0 Å². The Morgan fingerprint density at radius 2 is 1.65 bits per heavy atom. The van der Waals surface area contributed by atoms with Gasteiger partial charge in [-0.25, -0.2) is 4.79 Å². The Bertz CT molecular complexity index is 770. The van der Waals surface area contributed by atoms with Crippen LogP contribution in [0.15, 0.2) is 66.4 Å². The summed E-state index contributed by atoms with van der Waals surface area (Å²) in [5.74, 6) is 6.31. The number of benzene rings is 2. The van der Waals surface area contributed by atoms with Gasteiger partial charge in [0.2, 0.25) is 0 Å². The van der Waals surface area contributed by atoms with Crippen LogP contribution in [0.5, 0.6) is 0 Å². The van der Waals surface area contributed by atoms with E-state index in [4.69, 9.17) is 0 Å². The molecule has 2 aromatic carbocycles. The van der Waals surface area contributed by atoms with Crippen LogP contribution in [-0.2, 0) is 0 Å². The number of likely N-dealkylation sites (N-methyl/N-ethyl adjacent to an activating group) is 1. The predicted octanol–water partition coefficient (Wildman–Crippen LogP) is 3.45. The third-order valence-electron chi connectivity index (χ3n) is 3.72. The summed E-state index contributed by atoms with van der Waals surface area (Å²) in [5.41, 5.74) is 2.70. The summed E-state index contributed by atoms with van der Waals surface area (Å²) in [5, 5.41) is 0. The quantitative estimate of drug-likeness (QED) is 0.780. The number of amides is 2. The summed E-state index contributed by atoms with van der Waals surface area (Å²) < 4.78 is 0. The van der Waals surface area contributed by atoms with Crippen LogP contribution in [-0.4, -0.2) is 36.0 Å². The van der Waals surface area contributed by atoms with E-state index in [-0.39, 0.29) is 6.03 Å². The average Bonchev–Trinajstić information content (AvgIpc) is 2.93. The molecule has 0 bridgehead atoms. The third-order valence-corrected chi connectivity index (χ3v) is 3.72. The van der Waals surface area contributed by atoms with Gasteiger partial charge in [0.15, 0.2) is 0 Å². The van der Waals surface area contributed by atoms with Crippen LogP contribution in [0.4, 0.5) is 4.79 Å². The second-order valence-corrected chi connectivity index (χ2v) is 5.41. The van der Waals surface area contributed by atoms with Crippen LogP contribution in [0.2, 0.25) is 0 Å². The lowest BCUT2D eigenvalue weighted by Crippen LogP contribution is -2.28. The summed E-state index contributed by atoms with van der Waals surface area (Å²) in [6.07, 6.45) is 1.97. The molecular formula is C20H18N2O. The van der Waals surface area contributed by atoms with Crippen LogP contribution in [0.1, 0.15) is 11.1 Å². The van der Waals surface area contributed by atoms with Crippen molar-refractivity contribution in [1.82, 2.24) is 9.80 Å². The van der Waals surface area contributed by atoms with E-state index >= 15 is 0 Å². The van der Waals surface area contributed by atoms with Crippen molar-refractivity contribution in [3.63, 3.8) is 0 Å². The predicted molar refractivity (Wildman–Crippen MR) is 92.5 cm³/mol. The zero-order chi connectivity index (χ0) is 16.1. The highest BCUT2D eigenvalue weighted by molar-refractivity contribution is 5.81. The maximum atomic E-state index is 12.3. The van der Waals surface area contributed by atoms with Crippen LogP contribution < -0.4 is 0 Å². The zero-order valence-electron chi connectivity index (χ0n) is 13.1. The molecule has 1 aliphatic rings. The number of nitrogens with zero attached hydrogens (tertiary/aromatic N) is 2. The Hall–Kier alpha value is -2.99. The molecule has 0 radical (unpaired) electrons. The van der Waals surface area contributed by atoms with Gasteiger partial charge in [0.1, 0.15) is 0 Å². The number of carbonyl (C=O) groups is 1. The summed E-state index contributed by atoms with van der Waals surface area (Å²) in [4.78, 5) is 15.7. The van der Waals surface area contributed by atoms with Gasteiger partial charge in [0.25, 0.3) is 0 Å². The largest absolute Gasteiger partial charge is 0.326 e. The van der Waals surface area contributed by atoms with E-state index in [0.29, 0.717) is 6.54 Å². The molecule has 3 heteroatoms. The first-order valence-corrected chi connectivity index (χ1v) is 7.60. The normalized spacial score (nSPS) is 14.7. The molecule has 23 heavy (non-hydrogen) atoms. The molecule has 0 unspecified atom stereocenters. The van der Waals surface area contributed by atoms with Crippen molar-refractivity contribution >= 4 is 12.1 Å². The molecule has 1 saturated heterocycles. The standard InChI is InChI=1S/C20H18N2O/c1-21-14-15-22(20(21)23)19(16-18-10-6-3-7-11-18)13-12-17-8-4-2-5-9-17/h2-11,16H,14-15H2,1H3/b19-16-. The lowest BCUT2D eigenvalue weighted by molar-refractivity contribution is 0.208. The van der Waals surface area contributed by atoms with Gasteiger partial charge in [-0.15, -0.1) is 0 Å². The fourth-order valence-corrected chi connectivity index (χ4v) is 2.42. The van der Waals surface area contributed by atoms with Crippen molar-refractivity contribution in [2.24, 2.45) is 0 Å². The highest BCUT2D eigenvalue weighted by atomic mass is 16.2. The number of rotatable bonds is 2. The second kappa shape index (κ2) is 6.85. The number of hydrogen-bond donors (Lipinski definition) is 0. The highest BCUT2D eigenvalue weighted by Crippen LogP contribution is 2.16. The summed E-state index contributed by atoms with van der Waals surface area (Å²) in [6.45, 7) is 1.38. The van der Waals surface area contributed by atoms with E-state index in [1.807, 2.05) is 73.8 Å². The van der Waals surface area contributed by atoms with E-state index in [2.05, 4.69) is 11.8 Å². The molecule has 2 aromatic rings. The lowest BCUT2D eigenvalue weighted by atomic mass is 10.1. The average molecular weight is 302 g/mol. The molecule has 0 aromatic heterocycles. The Balaban J connectivity index is 1.96. The van der Waals surface area contributed by atoms with Crippen molar-refractivity contribution in [2.45, 2.75) is 0 Å². The van der Waals surface area contributed by atoms with Gasteiger partial charge in [-0.3, -0.25) is 4.90 Å². The van der Waals surface area contributed by atoms with E-state index in [9.17, 15) is 4.79 Å². The second-order valence-electron chi connectivity index (χ2n) is 5.41. The van der Waals surface area contributed by atoms with Gasteiger partial charge in [-0.2, -0.15) is 0 Å². The summed E-state index contributed by atoms with van der Waals surface area (Å²) in [6, 6.07) is 19.7. The Morgan fingerprint density at radius 3 is 2.26 bits per heavy atom. The Labute approximate surface area is 136 Å². The maximum absolute atomic E-state index is 12.3. The Kier molecular flexibility index (Phi) is 4.44. The first-order valence-electron chi connectivity index (χ1n) is 7.60. The van der Waals surface area contributed by atoms with E-state index in [1.165, 1.54) is 0 Å². The summed E-state index contributed by atoms with van der Waals surface area (Å²) in [7, 11) is 1.81. The molecule has 0 saturated carbocycles. The third kappa shape index (κ3) is 3.61.